The van der Waals surface area contributed by atoms with Gasteiger partial charge in [0.05, 0.1) is 16.6 Å². The number of nitrogens with one attached hydrogen (secondary N) is 1. The fourth-order valence-corrected chi connectivity index (χ4v) is 2.43. The first-order valence-electron chi connectivity index (χ1n) is 6.70. The van der Waals surface area contributed by atoms with Crippen LogP contribution in [0.1, 0.15) is 37.7 Å². The highest BCUT2D eigenvalue weighted by Crippen LogP contribution is 2.27. The Morgan fingerprint density at radius 1 is 1.25 bits per heavy atom. The van der Waals surface area contributed by atoms with Crippen molar-refractivity contribution in [2.75, 3.05) is 0 Å². The van der Waals surface area contributed by atoms with Crippen LogP contribution in [-0.2, 0) is 13.1 Å². The SMILES string of the molecule is CCC(NCc1nncn1CC)c1ccc(Cl)c(Cl)c1. The summed E-state index contributed by atoms with van der Waals surface area (Å²) in [7, 11) is 0. The number of aryl methyl sites for hydroxylation is 1. The Bertz CT molecular complexity index is 568. The van der Waals surface area contributed by atoms with E-state index < -0.39 is 0 Å². The lowest BCUT2D eigenvalue weighted by Gasteiger charge is -2.18. The van der Waals surface area contributed by atoms with E-state index in [1.165, 1.54) is 0 Å². The number of benzene rings is 1. The van der Waals surface area contributed by atoms with Crippen molar-refractivity contribution in [3.63, 3.8) is 0 Å². The number of aromatic nitrogens is 3. The first kappa shape index (κ1) is 15.3. The summed E-state index contributed by atoms with van der Waals surface area (Å²) in [5.41, 5.74) is 1.13. The largest absolute Gasteiger partial charge is 0.317 e. The lowest BCUT2D eigenvalue weighted by molar-refractivity contribution is 0.497. The van der Waals surface area contributed by atoms with Crippen molar-refractivity contribution < 1.29 is 0 Å². The second-order valence-electron chi connectivity index (χ2n) is 4.55. The Balaban J connectivity index is 2.07. The minimum atomic E-state index is 0.215. The molecule has 1 heterocycles. The predicted molar refractivity (Wildman–Crippen MR) is 82.0 cm³/mol. The van der Waals surface area contributed by atoms with Gasteiger partial charge in [-0.1, -0.05) is 36.2 Å². The molecule has 2 rings (SSSR count). The van der Waals surface area contributed by atoms with Crippen LogP contribution in [0.2, 0.25) is 10.0 Å². The first-order chi connectivity index (χ1) is 9.65. The van der Waals surface area contributed by atoms with Crippen LogP contribution in [0.3, 0.4) is 0 Å². The fourth-order valence-electron chi connectivity index (χ4n) is 2.12. The summed E-state index contributed by atoms with van der Waals surface area (Å²) in [5, 5.41) is 12.7. The normalized spacial score (nSPS) is 12.6. The van der Waals surface area contributed by atoms with Gasteiger partial charge < -0.3 is 9.88 Å². The zero-order chi connectivity index (χ0) is 14.5. The molecule has 1 N–H and O–H groups in total. The Morgan fingerprint density at radius 3 is 2.70 bits per heavy atom. The highest BCUT2D eigenvalue weighted by Gasteiger charge is 2.12. The monoisotopic (exact) mass is 312 g/mol. The molecule has 0 saturated heterocycles. The molecule has 4 nitrogen and oxygen atoms in total. The van der Waals surface area contributed by atoms with E-state index >= 15 is 0 Å². The fraction of sp³-hybridized carbons (Fsp3) is 0.429. The Hall–Kier alpha value is -1.10. The lowest BCUT2D eigenvalue weighted by atomic mass is 10.0. The zero-order valence-electron chi connectivity index (χ0n) is 11.6. The van der Waals surface area contributed by atoms with Crippen molar-refractivity contribution in [1.29, 1.82) is 0 Å². The van der Waals surface area contributed by atoms with Crippen molar-refractivity contribution in [2.45, 2.75) is 39.4 Å². The molecule has 0 radical (unpaired) electrons. The van der Waals surface area contributed by atoms with Gasteiger partial charge in [0.2, 0.25) is 0 Å². The third-order valence-corrected chi connectivity index (χ3v) is 4.04. The number of hydrogen-bond acceptors (Lipinski definition) is 3. The van der Waals surface area contributed by atoms with Crippen LogP contribution >= 0.6 is 23.2 Å². The van der Waals surface area contributed by atoms with Crippen LogP contribution in [0.15, 0.2) is 24.5 Å². The Kier molecular flexibility index (Phi) is 5.40. The highest BCUT2D eigenvalue weighted by molar-refractivity contribution is 6.42. The molecule has 108 valence electrons. The van der Waals surface area contributed by atoms with Crippen molar-refractivity contribution >= 4 is 23.2 Å². The lowest BCUT2D eigenvalue weighted by Crippen LogP contribution is -2.22. The molecule has 0 bridgehead atoms. The van der Waals surface area contributed by atoms with Gasteiger partial charge in [-0.15, -0.1) is 10.2 Å². The van der Waals surface area contributed by atoms with Gasteiger partial charge in [-0.2, -0.15) is 0 Å². The van der Waals surface area contributed by atoms with E-state index in [-0.39, 0.29) is 6.04 Å². The van der Waals surface area contributed by atoms with E-state index in [2.05, 4.69) is 29.4 Å². The molecule has 6 heteroatoms. The van der Waals surface area contributed by atoms with E-state index in [0.29, 0.717) is 16.6 Å². The molecule has 0 spiro atoms. The van der Waals surface area contributed by atoms with Crippen molar-refractivity contribution in [1.82, 2.24) is 20.1 Å². The van der Waals surface area contributed by atoms with Gasteiger partial charge >= 0.3 is 0 Å². The zero-order valence-corrected chi connectivity index (χ0v) is 13.1. The molecule has 0 aliphatic carbocycles. The molecule has 1 unspecified atom stereocenters. The number of halogens is 2. The molecule has 0 fully saturated rings. The third-order valence-electron chi connectivity index (χ3n) is 3.30. The van der Waals surface area contributed by atoms with Gasteiger partial charge in [-0.05, 0) is 31.0 Å². The van der Waals surface area contributed by atoms with Gasteiger partial charge in [0, 0.05) is 12.6 Å². The van der Waals surface area contributed by atoms with Crippen LogP contribution in [0, 0.1) is 0 Å². The topological polar surface area (TPSA) is 42.7 Å². The quantitative estimate of drug-likeness (QED) is 0.881. The Labute approximate surface area is 129 Å². The molecule has 0 amide bonds. The van der Waals surface area contributed by atoms with Crippen LogP contribution in [0.5, 0.6) is 0 Å². The molecule has 1 atom stereocenters. The minimum absolute atomic E-state index is 0.215. The summed E-state index contributed by atoms with van der Waals surface area (Å²) >= 11 is 12.0. The number of rotatable bonds is 6. The van der Waals surface area contributed by atoms with Crippen LogP contribution in [-0.4, -0.2) is 14.8 Å². The van der Waals surface area contributed by atoms with Crippen LogP contribution in [0.4, 0.5) is 0 Å². The maximum atomic E-state index is 6.08. The summed E-state index contributed by atoms with van der Waals surface area (Å²) in [6.07, 6.45) is 2.70. The van der Waals surface area contributed by atoms with Gasteiger partial charge in [0.25, 0.3) is 0 Å². The van der Waals surface area contributed by atoms with Crippen molar-refractivity contribution in [2.24, 2.45) is 0 Å². The standard InChI is InChI=1S/C14H18Cl2N4/c1-3-13(10-5-6-11(15)12(16)7-10)17-8-14-19-18-9-20(14)4-2/h5-7,9,13,17H,3-4,8H2,1-2H3. The van der Waals surface area contributed by atoms with E-state index in [9.17, 15) is 0 Å². The van der Waals surface area contributed by atoms with Crippen molar-refractivity contribution in [3.8, 4) is 0 Å². The molecule has 20 heavy (non-hydrogen) atoms. The van der Waals surface area contributed by atoms with Gasteiger partial charge in [0.1, 0.15) is 12.2 Å². The summed E-state index contributed by atoms with van der Waals surface area (Å²) in [5.74, 6) is 0.936. The summed E-state index contributed by atoms with van der Waals surface area (Å²) in [4.78, 5) is 0. The molecule has 0 saturated carbocycles. The van der Waals surface area contributed by atoms with Gasteiger partial charge in [-0.3, -0.25) is 0 Å². The predicted octanol–water partition coefficient (Wildman–Crippen LogP) is 3.85. The second kappa shape index (κ2) is 7.07. The summed E-state index contributed by atoms with van der Waals surface area (Å²) in [6.45, 7) is 5.74. The molecule has 1 aromatic heterocycles. The van der Waals surface area contributed by atoms with E-state index in [1.54, 1.807) is 6.33 Å². The molecule has 0 aliphatic rings. The highest BCUT2D eigenvalue weighted by atomic mass is 35.5. The van der Waals surface area contributed by atoms with E-state index in [1.807, 2.05) is 22.8 Å². The molecular formula is C14H18Cl2N4. The maximum absolute atomic E-state index is 6.08. The second-order valence-corrected chi connectivity index (χ2v) is 5.36. The molecule has 2 aromatic rings. The molecule has 1 aromatic carbocycles. The summed E-state index contributed by atoms with van der Waals surface area (Å²) < 4.78 is 2.02. The smallest absolute Gasteiger partial charge is 0.146 e. The average Bonchev–Trinajstić information content (AvgIpc) is 2.90. The van der Waals surface area contributed by atoms with Gasteiger partial charge in [-0.25, -0.2) is 0 Å². The van der Waals surface area contributed by atoms with Crippen LogP contribution < -0.4 is 5.32 Å². The number of hydrogen-bond donors (Lipinski definition) is 1. The minimum Gasteiger partial charge on any atom is -0.317 e. The van der Waals surface area contributed by atoms with Crippen LogP contribution in [0.25, 0.3) is 0 Å². The number of nitrogens with zero attached hydrogens (tertiary/aromatic N) is 3. The first-order valence-corrected chi connectivity index (χ1v) is 7.46. The van der Waals surface area contributed by atoms with Crippen molar-refractivity contribution in [3.05, 3.63) is 46.0 Å². The summed E-state index contributed by atoms with van der Waals surface area (Å²) in [6, 6.07) is 5.96. The maximum Gasteiger partial charge on any atom is 0.146 e. The third kappa shape index (κ3) is 3.51. The Morgan fingerprint density at radius 2 is 2.05 bits per heavy atom. The molecule has 0 aliphatic heterocycles. The molecular weight excluding hydrogens is 295 g/mol. The van der Waals surface area contributed by atoms with Gasteiger partial charge in [0.15, 0.2) is 0 Å². The average molecular weight is 313 g/mol. The van der Waals surface area contributed by atoms with E-state index in [4.69, 9.17) is 23.2 Å². The van der Waals surface area contributed by atoms with E-state index in [0.717, 1.165) is 24.4 Å².